The molecule has 0 bridgehead atoms. The van der Waals surface area contributed by atoms with Crippen LogP contribution in [-0.2, 0) is 4.79 Å². The number of allylic oxidation sites excluding steroid dienone is 2. The van der Waals surface area contributed by atoms with Crippen molar-refractivity contribution in [1.29, 1.82) is 0 Å². The zero-order valence-electron chi connectivity index (χ0n) is 12.4. The molecule has 2 atom stereocenters. The Hall–Kier alpha value is -1.60. The number of hydrogen-bond donors (Lipinski definition) is 1. The van der Waals surface area contributed by atoms with Gasteiger partial charge in [0.2, 0.25) is 11.1 Å². The number of thioether (sulfide) groups is 1. The minimum absolute atomic E-state index is 0.0799. The number of carbonyl (C=O) groups is 1. The fourth-order valence-corrected chi connectivity index (χ4v) is 4.59. The monoisotopic (exact) mass is 332 g/mol. The van der Waals surface area contributed by atoms with Gasteiger partial charge in [-0.1, -0.05) is 17.8 Å². The molecule has 0 amide bonds. The van der Waals surface area contributed by atoms with E-state index in [9.17, 15) is 4.79 Å². The molecule has 1 aliphatic carbocycles. The van der Waals surface area contributed by atoms with Crippen LogP contribution < -0.4 is 5.32 Å². The summed E-state index contributed by atoms with van der Waals surface area (Å²) in [6.45, 7) is 2.09. The third-order valence-electron chi connectivity index (χ3n) is 4.24. The first-order chi connectivity index (χ1) is 10.7. The highest BCUT2D eigenvalue weighted by atomic mass is 32.2. The van der Waals surface area contributed by atoms with Gasteiger partial charge >= 0.3 is 0 Å². The van der Waals surface area contributed by atoms with Crippen molar-refractivity contribution in [1.82, 2.24) is 14.8 Å². The number of fused-ring (bicyclic) bond motifs is 2. The molecule has 0 unspecified atom stereocenters. The Kier molecular flexibility index (Phi) is 3.34. The van der Waals surface area contributed by atoms with E-state index >= 15 is 0 Å². The number of aryl methyl sites for hydroxylation is 1. The standard InChI is InChI=1S/C15H16N4OS2/c1-8-6-7-22-13(8)12-11-9(4-3-5-10(11)20)16-14-17-15(21-2)18-19(12)14/h4,6-7,11-12H,3,5H2,1-2H3,(H,16,17,18)/t11-,12+/m0/s1. The third kappa shape index (κ3) is 2.03. The number of ketones is 1. The first-order valence-corrected chi connectivity index (χ1v) is 9.34. The van der Waals surface area contributed by atoms with Gasteiger partial charge in [0.05, 0.1) is 5.92 Å². The Morgan fingerprint density at radius 2 is 2.36 bits per heavy atom. The number of carbonyl (C=O) groups excluding carboxylic acids is 1. The number of aromatic nitrogens is 3. The van der Waals surface area contributed by atoms with Crippen LogP contribution >= 0.6 is 23.1 Å². The normalized spacial score (nSPS) is 23.5. The number of anilines is 1. The van der Waals surface area contributed by atoms with E-state index in [1.54, 1.807) is 11.3 Å². The summed E-state index contributed by atoms with van der Waals surface area (Å²) in [6, 6.07) is 2.02. The van der Waals surface area contributed by atoms with Gasteiger partial charge in [-0.05, 0) is 36.6 Å². The van der Waals surface area contributed by atoms with Crippen LogP contribution in [-0.4, -0.2) is 26.8 Å². The van der Waals surface area contributed by atoms with E-state index < -0.39 is 0 Å². The number of Topliss-reactive ketones (excluding diaryl/α,β-unsaturated/α-hetero) is 1. The van der Waals surface area contributed by atoms with Crippen molar-refractivity contribution in [2.24, 2.45) is 5.92 Å². The molecule has 0 aromatic carbocycles. The molecule has 0 radical (unpaired) electrons. The quantitative estimate of drug-likeness (QED) is 0.856. The molecule has 3 heterocycles. The van der Waals surface area contributed by atoms with Crippen LogP contribution in [0.25, 0.3) is 0 Å². The second-order valence-corrected chi connectivity index (χ2v) is 7.27. The van der Waals surface area contributed by atoms with E-state index in [4.69, 9.17) is 0 Å². The first kappa shape index (κ1) is 14.0. The lowest BCUT2D eigenvalue weighted by Crippen LogP contribution is -2.38. The molecule has 1 N–H and O–H groups in total. The number of hydrogen-bond acceptors (Lipinski definition) is 6. The van der Waals surface area contributed by atoms with E-state index in [0.717, 1.165) is 23.2 Å². The Labute approximate surface area is 136 Å². The minimum Gasteiger partial charge on any atom is -0.328 e. The van der Waals surface area contributed by atoms with Gasteiger partial charge in [-0.2, -0.15) is 4.98 Å². The number of nitrogens with one attached hydrogen (secondary N) is 1. The van der Waals surface area contributed by atoms with Crippen LogP contribution in [0.3, 0.4) is 0 Å². The summed E-state index contributed by atoms with van der Waals surface area (Å²) in [7, 11) is 0. The molecule has 22 heavy (non-hydrogen) atoms. The van der Waals surface area contributed by atoms with E-state index in [-0.39, 0.29) is 17.7 Å². The second-order valence-electron chi connectivity index (χ2n) is 5.55. The molecule has 5 nitrogen and oxygen atoms in total. The van der Waals surface area contributed by atoms with Gasteiger partial charge < -0.3 is 5.32 Å². The van der Waals surface area contributed by atoms with E-state index in [0.29, 0.717) is 6.42 Å². The average molecular weight is 332 g/mol. The fraction of sp³-hybridized carbons (Fsp3) is 0.400. The van der Waals surface area contributed by atoms with Gasteiger partial charge in [-0.3, -0.25) is 4.79 Å². The third-order valence-corrected chi connectivity index (χ3v) is 5.86. The zero-order chi connectivity index (χ0) is 15.3. The van der Waals surface area contributed by atoms with Gasteiger partial charge in [0, 0.05) is 17.0 Å². The summed E-state index contributed by atoms with van der Waals surface area (Å²) in [5, 5.41) is 10.7. The fourth-order valence-electron chi connectivity index (χ4n) is 3.19. The van der Waals surface area contributed by atoms with Gasteiger partial charge in [0.25, 0.3) is 0 Å². The predicted octanol–water partition coefficient (Wildman–Crippen LogP) is 3.25. The Morgan fingerprint density at radius 3 is 3.09 bits per heavy atom. The predicted molar refractivity (Wildman–Crippen MR) is 88.4 cm³/mol. The molecule has 2 aromatic heterocycles. The maximum absolute atomic E-state index is 12.6. The van der Waals surface area contributed by atoms with Crippen LogP contribution in [0.2, 0.25) is 0 Å². The van der Waals surface area contributed by atoms with Crippen molar-refractivity contribution in [2.45, 2.75) is 31.0 Å². The van der Waals surface area contributed by atoms with Crippen molar-refractivity contribution in [2.75, 3.05) is 11.6 Å². The molecule has 114 valence electrons. The van der Waals surface area contributed by atoms with Gasteiger partial charge in [-0.15, -0.1) is 16.4 Å². The molecule has 7 heteroatoms. The summed E-state index contributed by atoms with van der Waals surface area (Å²) < 4.78 is 1.90. The van der Waals surface area contributed by atoms with E-state index in [1.165, 1.54) is 22.2 Å². The summed E-state index contributed by atoms with van der Waals surface area (Å²) >= 11 is 3.21. The zero-order valence-corrected chi connectivity index (χ0v) is 14.0. The summed E-state index contributed by atoms with van der Waals surface area (Å²) in [4.78, 5) is 18.3. The minimum atomic E-state index is -0.171. The Balaban J connectivity index is 1.92. The second kappa shape index (κ2) is 5.24. The van der Waals surface area contributed by atoms with Crippen molar-refractivity contribution in [3.8, 4) is 0 Å². The summed E-state index contributed by atoms with van der Waals surface area (Å²) in [5.74, 6) is 0.851. The lowest BCUT2D eigenvalue weighted by molar-refractivity contribution is -0.123. The summed E-state index contributed by atoms with van der Waals surface area (Å²) in [6.07, 6.45) is 5.51. The Morgan fingerprint density at radius 1 is 1.50 bits per heavy atom. The van der Waals surface area contributed by atoms with E-state index in [1.807, 2.05) is 10.9 Å². The summed E-state index contributed by atoms with van der Waals surface area (Å²) in [5.41, 5.74) is 2.20. The number of thiophene rings is 1. The molecule has 2 aromatic rings. The van der Waals surface area contributed by atoms with Gasteiger partial charge in [0.15, 0.2) is 0 Å². The van der Waals surface area contributed by atoms with Crippen molar-refractivity contribution in [3.63, 3.8) is 0 Å². The maximum atomic E-state index is 12.6. The molecular formula is C15H16N4OS2. The number of nitrogens with zero attached hydrogens (tertiary/aromatic N) is 3. The smallest absolute Gasteiger partial charge is 0.227 e. The Bertz CT molecular complexity index is 776. The molecular weight excluding hydrogens is 316 g/mol. The molecule has 0 spiro atoms. The largest absolute Gasteiger partial charge is 0.328 e. The van der Waals surface area contributed by atoms with Crippen LogP contribution in [0.15, 0.2) is 28.4 Å². The molecule has 1 aliphatic heterocycles. The van der Waals surface area contributed by atoms with Gasteiger partial charge in [0.1, 0.15) is 11.8 Å². The maximum Gasteiger partial charge on any atom is 0.227 e. The lowest BCUT2D eigenvalue weighted by atomic mass is 9.82. The molecule has 0 saturated heterocycles. The van der Waals surface area contributed by atoms with Crippen LogP contribution in [0.5, 0.6) is 0 Å². The first-order valence-electron chi connectivity index (χ1n) is 7.23. The van der Waals surface area contributed by atoms with Crippen molar-refractivity contribution >= 4 is 34.8 Å². The molecule has 0 saturated carbocycles. The SMILES string of the molecule is CSc1nc2n(n1)[C@@H](c1sccc1C)[C@@H]1C(=O)CCC=C1N2. The average Bonchev–Trinajstić information content (AvgIpc) is 3.11. The highest BCUT2D eigenvalue weighted by molar-refractivity contribution is 7.98. The highest BCUT2D eigenvalue weighted by Gasteiger charge is 2.42. The van der Waals surface area contributed by atoms with Gasteiger partial charge in [-0.25, -0.2) is 4.68 Å². The van der Waals surface area contributed by atoms with Crippen LogP contribution in [0.4, 0.5) is 5.95 Å². The van der Waals surface area contributed by atoms with Crippen molar-refractivity contribution < 1.29 is 4.79 Å². The van der Waals surface area contributed by atoms with Crippen LogP contribution in [0.1, 0.15) is 29.3 Å². The molecule has 4 rings (SSSR count). The van der Waals surface area contributed by atoms with Crippen LogP contribution in [0, 0.1) is 12.8 Å². The molecule has 0 fully saturated rings. The molecule has 2 aliphatic rings. The number of rotatable bonds is 2. The van der Waals surface area contributed by atoms with Crippen molar-refractivity contribution in [3.05, 3.63) is 33.7 Å². The topological polar surface area (TPSA) is 59.8 Å². The highest BCUT2D eigenvalue weighted by Crippen LogP contribution is 2.44. The lowest BCUT2D eigenvalue weighted by Gasteiger charge is -2.35. The van der Waals surface area contributed by atoms with E-state index in [2.05, 4.69) is 39.8 Å².